The van der Waals surface area contributed by atoms with E-state index in [1.807, 2.05) is 20.8 Å². The first-order valence-corrected chi connectivity index (χ1v) is 5.77. The quantitative estimate of drug-likeness (QED) is 0.558. The summed E-state index contributed by atoms with van der Waals surface area (Å²) in [6.45, 7) is 7.03. The number of amides is 1. The molecular formula is C11H24N2O2. The van der Waals surface area contributed by atoms with Gasteiger partial charge in [-0.1, -0.05) is 13.8 Å². The first-order valence-electron chi connectivity index (χ1n) is 5.77. The second kappa shape index (κ2) is 8.68. The third-order valence-corrected chi connectivity index (χ3v) is 2.38. The molecule has 0 spiro atoms. The van der Waals surface area contributed by atoms with Gasteiger partial charge in [0.15, 0.2) is 0 Å². The van der Waals surface area contributed by atoms with E-state index >= 15 is 0 Å². The Morgan fingerprint density at radius 1 is 1.40 bits per heavy atom. The van der Waals surface area contributed by atoms with Crippen LogP contribution in [-0.2, 0) is 4.79 Å². The summed E-state index contributed by atoms with van der Waals surface area (Å²) in [7, 11) is 0. The highest BCUT2D eigenvalue weighted by Crippen LogP contribution is 1.98. The molecule has 4 nitrogen and oxygen atoms in total. The Balaban J connectivity index is 3.79. The molecule has 15 heavy (non-hydrogen) atoms. The standard InChI is InChI=1S/C11H24N2O2/c1-4-10(6-7-14)13-11(15)8-9(3)12-5-2/h9-10,12,14H,4-8H2,1-3H3,(H,13,15). The molecule has 0 fully saturated rings. The summed E-state index contributed by atoms with van der Waals surface area (Å²) in [6, 6.07) is 0.318. The molecule has 0 saturated heterocycles. The first-order chi connectivity index (χ1) is 7.13. The van der Waals surface area contributed by atoms with Crippen LogP contribution in [0.4, 0.5) is 0 Å². The molecule has 0 aromatic heterocycles. The highest BCUT2D eigenvalue weighted by atomic mass is 16.3. The van der Waals surface area contributed by atoms with Crippen LogP contribution in [0.2, 0.25) is 0 Å². The van der Waals surface area contributed by atoms with Gasteiger partial charge in [0.25, 0.3) is 0 Å². The van der Waals surface area contributed by atoms with Crippen LogP contribution in [0.5, 0.6) is 0 Å². The van der Waals surface area contributed by atoms with Crippen molar-refractivity contribution in [3.8, 4) is 0 Å². The van der Waals surface area contributed by atoms with E-state index in [1.165, 1.54) is 0 Å². The van der Waals surface area contributed by atoms with Gasteiger partial charge in [-0.05, 0) is 26.3 Å². The van der Waals surface area contributed by atoms with E-state index in [4.69, 9.17) is 5.11 Å². The lowest BCUT2D eigenvalue weighted by Gasteiger charge is -2.18. The molecule has 2 unspecified atom stereocenters. The smallest absolute Gasteiger partial charge is 0.221 e. The van der Waals surface area contributed by atoms with E-state index in [0.29, 0.717) is 12.8 Å². The van der Waals surface area contributed by atoms with Gasteiger partial charge in [-0.2, -0.15) is 0 Å². The lowest BCUT2D eigenvalue weighted by atomic mass is 10.1. The molecule has 0 bridgehead atoms. The van der Waals surface area contributed by atoms with Crippen LogP contribution in [0.1, 0.15) is 40.0 Å². The van der Waals surface area contributed by atoms with Crippen LogP contribution in [0.3, 0.4) is 0 Å². The molecule has 3 N–H and O–H groups in total. The summed E-state index contributed by atoms with van der Waals surface area (Å²) in [5.41, 5.74) is 0. The van der Waals surface area contributed by atoms with E-state index in [1.54, 1.807) is 0 Å². The lowest BCUT2D eigenvalue weighted by molar-refractivity contribution is -0.122. The van der Waals surface area contributed by atoms with E-state index in [2.05, 4.69) is 10.6 Å². The molecule has 0 aliphatic heterocycles. The van der Waals surface area contributed by atoms with Crippen molar-refractivity contribution in [2.24, 2.45) is 0 Å². The Morgan fingerprint density at radius 2 is 2.07 bits per heavy atom. The van der Waals surface area contributed by atoms with Crippen molar-refractivity contribution >= 4 is 5.91 Å². The van der Waals surface area contributed by atoms with Crippen LogP contribution >= 0.6 is 0 Å². The maximum absolute atomic E-state index is 11.5. The minimum Gasteiger partial charge on any atom is -0.396 e. The lowest BCUT2D eigenvalue weighted by Crippen LogP contribution is -2.39. The Hall–Kier alpha value is -0.610. The minimum atomic E-state index is 0.0590. The number of carbonyl (C=O) groups excluding carboxylic acids is 1. The Labute approximate surface area is 92.4 Å². The van der Waals surface area contributed by atoms with Crippen LogP contribution < -0.4 is 10.6 Å². The maximum Gasteiger partial charge on any atom is 0.221 e. The third-order valence-electron chi connectivity index (χ3n) is 2.38. The van der Waals surface area contributed by atoms with Crippen molar-refractivity contribution in [1.82, 2.24) is 10.6 Å². The zero-order chi connectivity index (χ0) is 11.7. The number of rotatable bonds is 8. The summed E-state index contributed by atoms with van der Waals surface area (Å²) < 4.78 is 0. The average molecular weight is 216 g/mol. The van der Waals surface area contributed by atoms with Crippen molar-refractivity contribution in [2.75, 3.05) is 13.2 Å². The maximum atomic E-state index is 11.5. The predicted octanol–water partition coefficient (Wildman–Crippen LogP) is 0.652. The van der Waals surface area contributed by atoms with E-state index < -0.39 is 0 Å². The number of aliphatic hydroxyl groups is 1. The van der Waals surface area contributed by atoms with E-state index in [0.717, 1.165) is 13.0 Å². The number of hydrogen-bond acceptors (Lipinski definition) is 3. The van der Waals surface area contributed by atoms with E-state index in [-0.39, 0.29) is 24.6 Å². The monoisotopic (exact) mass is 216 g/mol. The van der Waals surface area contributed by atoms with Crippen LogP contribution in [0.25, 0.3) is 0 Å². The fraction of sp³-hybridized carbons (Fsp3) is 0.909. The molecule has 0 saturated carbocycles. The number of carbonyl (C=O) groups is 1. The molecular weight excluding hydrogens is 192 g/mol. The van der Waals surface area contributed by atoms with Gasteiger partial charge < -0.3 is 15.7 Å². The Morgan fingerprint density at radius 3 is 2.53 bits per heavy atom. The summed E-state index contributed by atoms with van der Waals surface area (Å²) >= 11 is 0. The molecule has 0 aromatic carbocycles. The second-order valence-electron chi connectivity index (χ2n) is 3.85. The fourth-order valence-electron chi connectivity index (χ4n) is 1.52. The van der Waals surface area contributed by atoms with Gasteiger partial charge in [0.1, 0.15) is 0 Å². The molecule has 2 atom stereocenters. The first kappa shape index (κ1) is 14.4. The number of nitrogens with one attached hydrogen (secondary N) is 2. The van der Waals surface area contributed by atoms with Crippen molar-refractivity contribution in [1.29, 1.82) is 0 Å². The van der Waals surface area contributed by atoms with Crippen LogP contribution in [0, 0.1) is 0 Å². The molecule has 1 amide bonds. The number of aliphatic hydroxyl groups excluding tert-OH is 1. The molecule has 0 radical (unpaired) electrons. The van der Waals surface area contributed by atoms with Gasteiger partial charge in [-0.15, -0.1) is 0 Å². The van der Waals surface area contributed by atoms with Crippen molar-refractivity contribution in [2.45, 2.75) is 52.1 Å². The molecule has 0 heterocycles. The van der Waals surface area contributed by atoms with Gasteiger partial charge in [-0.3, -0.25) is 4.79 Å². The summed E-state index contributed by atoms with van der Waals surface area (Å²) in [6.07, 6.45) is 2.00. The van der Waals surface area contributed by atoms with Crippen LogP contribution in [0.15, 0.2) is 0 Å². The van der Waals surface area contributed by atoms with Crippen molar-refractivity contribution in [3.63, 3.8) is 0 Å². The SMILES string of the molecule is CCNC(C)CC(=O)NC(CC)CCO. The zero-order valence-electron chi connectivity index (χ0n) is 10.0. The second-order valence-corrected chi connectivity index (χ2v) is 3.85. The largest absolute Gasteiger partial charge is 0.396 e. The number of hydrogen-bond donors (Lipinski definition) is 3. The van der Waals surface area contributed by atoms with Gasteiger partial charge in [0, 0.05) is 25.1 Å². The summed E-state index contributed by atoms with van der Waals surface area (Å²) in [5.74, 6) is 0.0590. The molecule has 90 valence electrons. The summed E-state index contributed by atoms with van der Waals surface area (Å²) in [4.78, 5) is 11.5. The van der Waals surface area contributed by atoms with Crippen LogP contribution in [-0.4, -0.2) is 36.2 Å². The fourth-order valence-corrected chi connectivity index (χ4v) is 1.52. The highest BCUT2D eigenvalue weighted by Gasteiger charge is 2.12. The third kappa shape index (κ3) is 7.33. The Bertz CT molecular complexity index is 174. The van der Waals surface area contributed by atoms with Gasteiger partial charge in [0.05, 0.1) is 0 Å². The zero-order valence-corrected chi connectivity index (χ0v) is 10.0. The predicted molar refractivity (Wildman–Crippen MR) is 61.7 cm³/mol. The van der Waals surface area contributed by atoms with Gasteiger partial charge >= 0.3 is 0 Å². The average Bonchev–Trinajstić information content (AvgIpc) is 2.17. The van der Waals surface area contributed by atoms with Gasteiger partial charge in [0.2, 0.25) is 5.91 Å². The highest BCUT2D eigenvalue weighted by molar-refractivity contribution is 5.76. The molecule has 0 aromatic rings. The summed E-state index contributed by atoms with van der Waals surface area (Å²) in [5, 5.41) is 14.9. The van der Waals surface area contributed by atoms with Gasteiger partial charge in [-0.25, -0.2) is 0 Å². The van der Waals surface area contributed by atoms with Crippen molar-refractivity contribution < 1.29 is 9.90 Å². The van der Waals surface area contributed by atoms with E-state index in [9.17, 15) is 4.79 Å². The minimum absolute atomic E-state index is 0.0590. The topological polar surface area (TPSA) is 61.4 Å². The molecule has 0 aliphatic carbocycles. The molecule has 0 aliphatic rings. The van der Waals surface area contributed by atoms with Crippen molar-refractivity contribution in [3.05, 3.63) is 0 Å². The normalized spacial score (nSPS) is 14.7. The molecule has 0 rings (SSSR count). The molecule has 4 heteroatoms. The Kier molecular flexibility index (Phi) is 8.33.